The molecule has 1 aliphatic rings. The topological polar surface area (TPSA) is 60.2 Å². The number of piperazine rings is 1. The van der Waals surface area contributed by atoms with Gasteiger partial charge in [0.15, 0.2) is 0 Å². The van der Waals surface area contributed by atoms with Gasteiger partial charge >= 0.3 is 0 Å². The highest BCUT2D eigenvalue weighted by Gasteiger charge is 2.23. The first-order valence-corrected chi connectivity index (χ1v) is 7.65. The van der Waals surface area contributed by atoms with Crippen LogP contribution in [0.4, 0.5) is 5.82 Å². The maximum absolute atomic E-state index is 12.6. The second-order valence-corrected chi connectivity index (χ2v) is 5.61. The van der Waals surface area contributed by atoms with Gasteiger partial charge in [0.2, 0.25) is 0 Å². The third kappa shape index (κ3) is 3.16. The van der Waals surface area contributed by atoms with Gasteiger partial charge in [-0.2, -0.15) is 5.26 Å². The van der Waals surface area contributed by atoms with Crippen molar-refractivity contribution in [1.82, 2.24) is 9.88 Å². The number of carbonyl (C=O) groups is 1. The molecule has 23 heavy (non-hydrogen) atoms. The Morgan fingerprint density at radius 3 is 2.48 bits per heavy atom. The van der Waals surface area contributed by atoms with Crippen LogP contribution in [0.25, 0.3) is 0 Å². The monoisotopic (exact) mass is 306 g/mol. The van der Waals surface area contributed by atoms with E-state index in [1.165, 1.54) is 0 Å². The van der Waals surface area contributed by atoms with Crippen LogP contribution in [0.3, 0.4) is 0 Å². The molecule has 2 heterocycles. The molecule has 0 saturated carbocycles. The van der Waals surface area contributed by atoms with Gasteiger partial charge in [-0.1, -0.05) is 18.2 Å². The van der Waals surface area contributed by atoms with Gasteiger partial charge in [-0.05, 0) is 30.7 Å². The van der Waals surface area contributed by atoms with Gasteiger partial charge in [0.05, 0.1) is 5.56 Å². The zero-order valence-electron chi connectivity index (χ0n) is 13.1. The molecule has 0 aliphatic carbocycles. The molecule has 2 aromatic rings. The molecule has 0 radical (unpaired) electrons. The number of aromatic nitrogens is 1. The standard InChI is InChI=1S/C18H18N4O/c1-14-4-2-3-5-16(14)18(23)22-10-8-21(9-11-22)17-7-6-15(12-19)13-20-17/h2-7,13H,8-11H2,1H3. The quantitative estimate of drug-likeness (QED) is 0.853. The Hall–Kier alpha value is -2.87. The minimum atomic E-state index is 0.0931. The fourth-order valence-electron chi connectivity index (χ4n) is 2.76. The van der Waals surface area contributed by atoms with Crippen molar-refractivity contribution in [1.29, 1.82) is 5.26 Å². The van der Waals surface area contributed by atoms with Crippen LogP contribution in [0.1, 0.15) is 21.5 Å². The molecular weight excluding hydrogens is 288 g/mol. The Balaban J connectivity index is 1.65. The van der Waals surface area contributed by atoms with Crippen molar-refractivity contribution >= 4 is 11.7 Å². The Morgan fingerprint density at radius 2 is 1.87 bits per heavy atom. The van der Waals surface area contributed by atoms with E-state index in [2.05, 4.69) is 16.0 Å². The van der Waals surface area contributed by atoms with E-state index in [1.807, 2.05) is 42.2 Å². The second-order valence-electron chi connectivity index (χ2n) is 5.61. The summed E-state index contributed by atoms with van der Waals surface area (Å²) in [7, 11) is 0. The predicted molar refractivity (Wildman–Crippen MR) is 88.2 cm³/mol. The van der Waals surface area contributed by atoms with Crippen LogP contribution in [0.2, 0.25) is 0 Å². The number of rotatable bonds is 2. The largest absolute Gasteiger partial charge is 0.353 e. The van der Waals surface area contributed by atoms with Crippen LogP contribution < -0.4 is 4.90 Å². The summed E-state index contributed by atoms with van der Waals surface area (Å²) in [6.07, 6.45) is 1.58. The van der Waals surface area contributed by atoms with Crippen molar-refractivity contribution in [2.24, 2.45) is 0 Å². The summed E-state index contributed by atoms with van der Waals surface area (Å²) < 4.78 is 0. The average Bonchev–Trinajstić information content (AvgIpc) is 2.62. The first kappa shape index (κ1) is 15.0. The molecule has 5 nitrogen and oxygen atoms in total. The third-order valence-electron chi connectivity index (χ3n) is 4.14. The molecule has 0 N–H and O–H groups in total. The maximum atomic E-state index is 12.6. The minimum Gasteiger partial charge on any atom is -0.353 e. The molecule has 1 fully saturated rings. The molecule has 1 saturated heterocycles. The summed E-state index contributed by atoms with van der Waals surface area (Å²) in [6.45, 7) is 4.81. The van der Waals surface area contributed by atoms with E-state index in [1.54, 1.807) is 12.3 Å². The summed E-state index contributed by atoms with van der Waals surface area (Å²) in [5.41, 5.74) is 2.34. The van der Waals surface area contributed by atoms with Gasteiger partial charge in [0.1, 0.15) is 11.9 Å². The zero-order valence-corrected chi connectivity index (χ0v) is 13.1. The van der Waals surface area contributed by atoms with Gasteiger partial charge in [-0.3, -0.25) is 4.79 Å². The number of benzene rings is 1. The lowest BCUT2D eigenvalue weighted by atomic mass is 10.1. The van der Waals surface area contributed by atoms with E-state index >= 15 is 0 Å². The lowest BCUT2D eigenvalue weighted by Gasteiger charge is -2.35. The summed E-state index contributed by atoms with van der Waals surface area (Å²) in [5.74, 6) is 0.947. The summed E-state index contributed by atoms with van der Waals surface area (Å²) in [4.78, 5) is 21.0. The Labute approximate surface area is 135 Å². The Kier molecular flexibility index (Phi) is 4.24. The van der Waals surface area contributed by atoms with Crippen LogP contribution in [0.5, 0.6) is 0 Å². The lowest BCUT2D eigenvalue weighted by molar-refractivity contribution is 0.0746. The SMILES string of the molecule is Cc1ccccc1C(=O)N1CCN(c2ccc(C#N)cn2)CC1. The maximum Gasteiger partial charge on any atom is 0.254 e. The molecule has 1 aliphatic heterocycles. The number of nitriles is 1. The van der Waals surface area contributed by atoms with Crippen molar-refractivity contribution in [3.8, 4) is 6.07 Å². The average molecular weight is 306 g/mol. The molecule has 1 aromatic heterocycles. The fraction of sp³-hybridized carbons (Fsp3) is 0.278. The van der Waals surface area contributed by atoms with Crippen molar-refractivity contribution in [2.75, 3.05) is 31.1 Å². The smallest absolute Gasteiger partial charge is 0.254 e. The van der Waals surface area contributed by atoms with E-state index < -0.39 is 0 Å². The molecule has 0 spiro atoms. The summed E-state index contributed by atoms with van der Waals surface area (Å²) in [6, 6.07) is 13.4. The number of anilines is 1. The predicted octanol–water partition coefficient (Wildman–Crippen LogP) is 2.22. The van der Waals surface area contributed by atoms with Gasteiger partial charge in [0, 0.05) is 37.9 Å². The van der Waals surface area contributed by atoms with E-state index in [-0.39, 0.29) is 5.91 Å². The zero-order chi connectivity index (χ0) is 16.2. The van der Waals surface area contributed by atoms with Gasteiger partial charge < -0.3 is 9.80 Å². The molecule has 1 amide bonds. The summed E-state index contributed by atoms with van der Waals surface area (Å²) in [5, 5.41) is 8.82. The molecule has 0 atom stereocenters. The number of hydrogen-bond acceptors (Lipinski definition) is 4. The normalized spacial score (nSPS) is 14.4. The molecule has 116 valence electrons. The van der Waals surface area contributed by atoms with Gasteiger partial charge in [-0.15, -0.1) is 0 Å². The van der Waals surface area contributed by atoms with Crippen molar-refractivity contribution in [2.45, 2.75) is 6.92 Å². The second kappa shape index (κ2) is 6.49. The number of carbonyl (C=O) groups excluding carboxylic acids is 1. The van der Waals surface area contributed by atoms with E-state index in [0.29, 0.717) is 18.7 Å². The van der Waals surface area contributed by atoms with E-state index in [9.17, 15) is 4.79 Å². The van der Waals surface area contributed by atoms with Crippen LogP contribution >= 0.6 is 0 Å². The highest BCUT2D eigenvalue weighted by Crippen LogP contribution is 2.16. The van der Waals surface area contributed by atoms with Crippen LogP contribution in [0.15, 0.2) is 42.6 Å². The first-order chi connectivity index (χ1) is 11.2. The molecule has 3 rings (SSSR count). The molecular formula is C18H18N4O. The third-order valence-corrected chi connectivity index (χ3v) is 4.14. The highest BCUT2D eigenvalue weighted by atomic mass is 16.2. The highest BCUT2D eigenvalue weighted by molar-refractivity contribution is 5.95. The van der Waals surface area contributed by atoms with Crippen LogP contribution in [0, 0.1) is 18.3 Å². The van der Waals surface area contributed by atoms with E-state index in [0.717, 1.165) is 30.0 Å². The molecule has 0 unspecified atom stereocenters. The lowest BCUT2D eigenvalue weighted by Crippen LogP contribution is -2.49. The number of amides is 1. The van der Waals surface area contributed by atoms with Gasteiger partial charge in [0.25, 0.3) is 5.91 Å². The summed E-state index contributed by atoms with van der Waals surface area (Å²) >= 11 is 0. The molecule has 5 heteroatoms. The number of pyridine rings is 1. The van der Waals surface area contributed by atoms with Crippen LogP contribution in [-0.2, 0) is 0 Å². The number of aryl methyl sites for hydroxylation is 1. The van der Waals surface area contributed by atoms with Crippen molar-refractivity contribution < 1.29 is 4.79 Å². The van der Waals surface area contributed by atoms with Crippen molar-refractivity contribution in [3.05, 3.63) is 59.3 Å². The fourth-order valence-corrected chi connectivity index (χ4v) is 2.76. The minimum absolute atomic E-state index is 0.0931. The van der Waals surface area contributed by atoms with E-state index in [4.69, 9.17) is 5.26 Å². The number of nitrogens with zero attached hydrogens (tertiary/aromatic N) is 4. The number of hydrogen-bond donors (Lipinski definition) is 0. The van der Waals surface area contributed by atoms with Gasteiger partial charge in [-0.25, -0.2) is 4.98 Å². The van der Waals surface area contributed by atoms with Crippen molar-refractivity contribution in [3.63, 3.8) is 0 Å². The van der Waals surface area contributed by atoms with Crippen LogP contribution in [-0.4, -0.2) is 42.0 Å². The molecule has 0 bridgehead atoms. The first-order valence-electron chi connectivity index (χ1n) is 7.65. The molecule has 1 aromatic carbocycles. The Bertz CT molecular complexity index is 740. The Morgan fingerprint density at radius 1 is 1.13 bits per heavy atom.